The lowest BCUT2D eigenvalue weighted by molar-refractivity contribution is 0.103. The van der Waals surface area contributed by atoms with Gasteiger partial charge < -0.3 is 0 Å². The number of fused-ring (bicyclic) bond motifs is 3. The molecule has 0 aliphatic rings. The van der Waals surface area contributed by atoms with Gasteiger partial charge in [0.1, 0.15) is 0 Å². The van der Waals surface area contributed by atoms with Crippen LogP contribution in [0.15, 0.2) is 41.9 Å². The van der Waals surface area contributed by atoms with Crippen molar-refractivity contribution in [3.8, 4) is 0 Å². The summed E-state index contributed by atoms with van der Waals surface area (Å²) in [5.41, 5.74) is 0. The van der Waals surface area contributed by atoms with Crippen LogP contribution in [0.1, 0.15) is 9.67 Å². The van der Waals surface area contributed by atoms with Gasteiger partial charge in [-0.2, -0.15) is 0 Å². The average Bonchev–Trinajstić information content (AvgIpc) is 3.12. The van der Waals surface area contributed by atoms with Crippen molar-refractivity contribution in [1.29, 1.82) is 0 Å². The summed E-state index contributed by atoms with van der Waals surface area (Å²) < 4.78 is 3.62. The molecule has 3 aromatic heterocycles. The molecular formula is C14H8N2OS3. The Morgan fingerprint density at radius 3 is 2.90 bits per heavy atom. The summed E-state index contributed by atoms with van der Waals surface area (Å²) in [6.45, 7) is 0. The van der Waals surface area contributed by atoms with Gasteiger partial charge in [0.2, 0.25) is 0 Å². The first-order valence-electron chi connectivity index (χ1n) is 5.93. The summed E-state index contributed by atoms with van der Waals surface area (Å²) in [7, 11) is 0. The molecule has 0 atom stereocenters. The molecule has 0 aliphatic carbocycles. The zero-order chi connectivity index (χ0) is 13.5. The zero-order valence-electron chi connectivity index (χ0n) is 10.1. The topological polar surface area (TPSA) is 42.0 Å². The molecule has 6 heteroatoms. The van der Waals surface area contributed by atoms with Crippen molar-refractivity contribution >= 4 is 64.5 Å². The Balaban J connectivity index is 1.75. The van der Waals surface area contributed by atoms with Gasteiger partial charge in [-0.15, -0.1) is 34.0 Å². The van der Waals surface area contributed by atoms with Gasteiger partial charge in [-0.05, 0) is 12.1 Å². The van der Waals surface area contributed by atoms with Gasteiger partial charge in [0.25, 0.3) is 5.91 Å². The Hall–Kier alpha value is -1.76. The van der Waals surface area contributed by atoms with Crippen LogP contribution in [0, 0.1) is 0 Å². The number of aromatic nitrogens is 1. The highest BCUT2D eigenvalue weighted by Crippen LogP contribution is 2.39. The number of rotatable bonds is 2. The van der Waals surface area contributed by atoms with Crippen molar-refractivity contribution in [3.05, 3.63) is 46.8 Å². The molecule has 0 unspecified atom stereocenters. The van der Waals surface area contributed by atoms with E-state index in [1.807, 2.05) is 23.6 Å². The maximum Gasteiger partial charge on any atom is 0.267 e. The van der Waals surface area contributed by atoms with Crippen molar-refractivity contribution in [1.82, 2.24) is 4.98 Å². The summed E-state index contributed by atoms with van der Waals surface area (Å²) in [5.74, 6) is -0.0857. The number of nitrogens with zero attached hydrogens (tertiary/aromatic N) is 1. The minimum Gasteiger partial charge on any atom is -0.297 e. The molecule has 20 heavy (non-hydrogen) atoms. The van der Waals surface area contributed by atoms with Crippen LogP contribution in [0.4, 0.5) is 5.13 Å². The van der Waals surface area contributed by atoms with Gasteiger partial charge in [0.05, 0.1) is 9.58 Å². The van der Waals surface area contributed by atoms with E-state index in [1.54, 1.807) is 17.5 Å². The lowest BCUT2D eigenvalue weighted by Gasteiger charge is -1.97. The molecule has 0 radical (unpaired) electrons. The van der Waals surface area contributed by atoms with Crippen molar-refractivity contribution in [2.24, 2.45) is 0 Å². The van der Waals surface area contributed by atoms with E-state index in [0.29, 0.717) is 5.13 Å². The summed E-state index contributed by atoms with van der Waals surface area (Å²) in [4.78, 5) is 17.0. The van der Waals surface area contributed by atoms with E-state index in [4.69, 9.17) is 0 Å². The molecule has 3 heterocycles. The van der Waals surface area contributed by atoms with Gasteiger partial charge in [-0.25, -0.2) is 4.98 Å². The molecule has 0 bridgehead atoms. The lowest BCUT2D eigenvalue weighted by atomic mass is 10.2. The molecule has 4 aromatic rings. The van der Waals surface area contributed by atoms with Crippen LogP contribution >= 0.6 is 34.0 Å². The van der Waals surface area contributed by atoms with E-state index in [9.17, 15) is 4.79 Å². The van der Waals surface area contributed by atoms with Gasteiger partial charge in [0.15, 0.2) is 5.13 Å². The average molecular weight is 316 g/mol. The molecule has 4 rings (SSSR count). The fourth-order valence-electron chi connectivity index (χ4n) is 2.06. The number of benzene rings is 1. The first kappa shape index (κ1) is 12.0. The first-order chi connectivity index (χ1) is 9.81. The lowest BCUT2D eigenvalue weighted by Crippen LogP contribution is -2.09. The molecule has 0 spiro atoms. The Morgan fingerprint density at radius 2 is 2.05 bits per heavy atom. The highest BCUT2D eigenvalue weighted by molar-refractivity contribution is 7.33. The number of carbonyl (C=O) groups excluding carboxylic acids is 1. The van der Waals surface area contributed by atoms with Gasteiger partial charge in [0, 0.05) is 26.4 Å². The van der Waals surface area contributed by atoms with E-state index in [0.717, 1.165) is 4.88 Å². The summed E-state index contributed by atoms with van der Waals surface area (Å²) in [6.07, 6.45) is 1.68. The largest absolute Gasteiger partial charge is 0.297 e. The number of thiophene rings is 2. The Labute approximate surface area is 126 Å². The highest BCUT2D eigenvalue weighted by Gasteiger charge is 2.14. The van der Waals surface area contributed by atoms with Crippen LogP contribution in [-0.2, 0) is 0 Å². The summed E-state index contributed by atoms with van der Waals surface area (Å²) in [6, 6.07) is 10.3. The van der Waals surface area contributed by atoms with Crippen molar-refractivity contribution < 1.29 is 4.79 Å². The normalized spacial score (nSPS) is 11.2. The van der Waals surface area contributed by atoms with E-state index in [-0.39, 0.29) is 5.91 Å². The smallest absolute Gasteiger partial charge is 0.267 e. The number of amides is 1. The summed E-state index contributed by atoms with van der Waals surface area (Å²) in [5, 5.41) is 6.53. The summed E-state index contributed by atoms with van der Waals surface area (Å²) >= 11 is 4.69. The third kappa shape index (κ3) is 1.93. The molecule has 0 fully saturated rings. The second-order valence-corrected chi connectivity index (χ2v) is 7.22. The predicted octanol–water partition coefficient (Wildman–Crippen LogP) is 4.82. The van der Waals surface area contributed by atoms with Crippen molar-refractivity contribution in [2.75, 3.05) is 5.32 Å². The minimum absolute atomic E-state index is 0.0857. The zero-order valence-corrected chi connectivity index (χ0v) is 12.6. The highest BCUT2D eigenvalue weighted by atomic mass is 32.1. The second kappa shape index (κ2) is 4.66. The number of anilines is 1. The maximum absolute atomic E-state index is 12.2. The van der Waals surface area contributed by atoms with E-state index in [2.05, 4.69) is 22.4 Å². The van der Waals surface area contributed by atoms with Gasteiger partial charge in [-0.3, -0.25) is 10.1 Å². The number of thiazole rings is 1. The molecule has 0 saturated carbocycles. The van der Waals surface area contributed by atoms with Crippen LogP contribution in [0.2, 0.25) is 0 Å². The van der Waals surface area contributed by atoms with Crippen molar-refractivity contribution in [2.45, 2.75) is 0 Å². The Kier molecular flexibility index (Phi) is 2.80. The van der Waals surface area contributed by atoms with Gasteiger partial charge >= 0.3 is 0 Å². The fourth-order valence-corrected chi connectivity index (χ4v) is 5.00. The number of nitrogens with one attached hydrogen (secondary N) is 1. The first-order valence-corrected chi connectivity index (χ1v) is 8.44. The number of hydrogen-bond donors (Lipinski definition) is 1. The van der Waals surface area contributed by atoms with Crippen LogP contribution in [0.3, 0.4) is 0 Å². The van der Waals surface area contributed by atoms with Gasteiger partial charge in [-0.1, -0.05) is 18.2 Å². The molecule has 0 saturated heterocycles. The maximum atomic E-state index is 12.2. The molecule has 0 aliphatic heterocycles. The van der Waals surface area contributed by atoms with E-state index < -0.39 is 0 Å². The molecular weight excluding hydrogens is 308 g/mol. The second-order valence-electron chi connectivity index (χ2n) is 4.19. The van der Waals surface area contributed by atoms with E-state index in [1.165, 1.54) is 42.2 Å². The van der Waals surface area contributed by atoms with Crippen LogP contribution in [0.25, 0.3) is 19.5 Å². The fraction of sp³-hybridized carbons (Fsp3) is 0. The number of hydrogen-bond acceptors (Lipinski definition) is 5. The SMILES string of the molecule is O=C(Nc1nccs1)c1cc2sc3ccccc3c2s1. The number of carbonyl (C=O) groups is 1. The van der Waals surface area contributed by atoms with Crippen molar-refractivity contribution in [3.63, 3.8) is 0 Å². The molecule has 1 aromatic carbocycles. The van der Waals surface area contributed by atoms with Crippen LogP contribution in [-0.4, -0.2) is 10.9 Å². The van der Waals surface area contributed by atoms with Crippen LogP contribution in [0.5, 0.6) is 0 Å². The quantitative estimate of drug-likeness (QED) is 0.576. The minimum atomic E-state index is -0.0857. The molecule has 1 N–H and O–H groups in total. The predicted molar refractivity (Wildman–Crippen MR) is 87.3 cm³/mol. The Bertz CT molecular complexity index is 905. The third-order valence-electron chi connectivity index (χ3n) is 2.93. The molecule has 98 valence electrons. The van der Waals surface area contributed by atoms with Crippen LogP contribution < -0.4 is 5.32 Å². The standard InChI is InChI=1S/C14H8N2OS3/c17-13(16-14-15-5-6-18-14)11-7-10-12(20-11)8-3-1-2-4-9(8)19-10/h1-7H,(H,15,16,17). The Morgan fingerprint density at radius 1 is 1.15 bits per heavy atom. The monoisotopic (exact) mass is 316 g/mol. The molecule has 3 nitrogen and oxygen atoms in total. The molecule has 1 amide bonds. The third-order valence-corrected chi connectivity index (χ3v) is 6.03. The van der Waals surface area contributed by atoms with E-state index >= 15 is 0 Å².